The summed E-state index contributed by atoms with van der Waals surface area (Å²) in [6.45, 7) is 5.58. The molecule has 0 aliphatic carbocycles. The van der Waals surface area contributed by atoms with E-state index in [9.17, 15) is 13.2 Å². The third-order valence-electron chi connectivity index (χ3n) is 5.25. The number of aryl methyl sites for hydroxylation is 1. The standard InChI is InChI=1S/C25H31ClN4O3S/c1-18(2)17-30-34(32,33)21-8-4-19(5-9-21)6-11-25(31)29-14-3-13-27-23-12-15-28-24-16-20(26)7-10-22(23)24/h4-5,7-10,12,15-16,18,30H,3,6,11,13-14,17H2,1-2H3,(H,27,28)(H,29,31). The summed E-state index contributed by atoms with van der Waals surface area (Å²) in [4.78, 5) is 16.7. The molecular weight excluding hydrogens is 472 g/mol. The molecule has 0 unspecified atom stereocenters. The van der Waals surface area contributed by atoms with E-state index in [-0.39, 0.29) is 16.7 Å². The summed E-state index contributed by atoms with van der Waals surface area (Å²) in [5.74, 6) is 0.206. The summed E-state index contributed by atoms with van der Waals surface area (Å²) in [5.41, 5.74) is 2.74. The first-order valence-corrected chi connectivity index (χ1v) is 13.2. The molecule has 3 aromatic rings. The molecule has 0 spiro atoms. The molecule has 9 heteroatoms. The average Bonchev–Trinajstić information content (AvgIpc) is 2.81. The maximum absolute atomic E-state index is 12.3. The SMILES string of the molecule is CC(C)CNS(=O)(=O)c1ccc(CCC(=O)NCCCNc2ccnc3cc(Cl)ccc23)cc1. The highest BCUT2D eigenvalue weighted by atomic mass is 35.5. The fourth-order valence-electron chi connectivity index (χ4n) is 3.36. The minimum Gasteiger partial charge on any atom is -0.384 e. The van der Waals surface area contributed by atoms with Gasteiger partial charge in [-0.05, 0) is 60.7 Å². The lowest BCUT2D eigenvalue weighted by Crippen LogP contribution is -2.27. The molecule has 0 atom stereocenters. The van der Waals surface area contributed by atoms with Crippen LogP contribution in [0.25, 0.3) is 10.9 Å². The number of benzene rings is 2. The van der Waals surface area contributed by atoms with Crippen LogP contribution in [0, 0.1) is 5.92 Å². The number of pyridine rings is 1. The molecule has 3 N–H and O–H groups in total. The molecular formula is C25H31ClN4O3S. The van der Waals surface area contributed by atoms with Gasteiger partial charge in [-0.1, -0.05) is 37.6 Å². The molecule has 1 heterocycles. The lowest BCUT2D eigenvalue weighted by atomic mass is 10.1. The molecule has 0 aliphatic heterocycles. The van der Waals surface area contributed by atoms with Crippen molar-refractivity contribution in [3.05, 3.63) is 65.3 Å². The third-order valence-corrected chi connectivity index (χ3v) is 6.93. The van der Waals surface area contributed by atoms with Gasteiger partial charge in [-0.25, -0.2) is 13.1 Å². The second-order valence-electron chi connectivity index (χ2n) is 8.54. The van der Waals surface area contributed by atoms with E-state index in [1.54, 1.807) is 30.5 Å². The van der Waals surface area contributed by atoms with E-state index in [2.05, 4.69) is 20.3 Å². The minimum absolute atomic E-state index is 0.0284. The Kier molecular flexibility index (Phi) is 9.27. The quantitative estimate of drug-likeness (QED) is 0.319. The van der Waals surface area contributed by atoms with Crippen molar-refractivity contribution in [2.45, 2.75) is 38.0 Å². The lowest BCUT2D eigenvalue weighted by molar-refractivity contribution is -0.121. The first-order valence-electron chi connectivity index (χ1n) is 11.4. The fraction of sp³-hybridized carbons (Fsp3) is 0.360. The molecule has 182 valence electrons. The Bertz CT molecular complexity index is 1210. The third kappa shape index (κ3) is 7.68. The summed E-state index contributed by atoms with van der Waals surface area (Å²) in [6.07, 6.45) is 3.42. The van der Waals surface area contributed by atoms with Crippen LogP contribution in [0.2, 0.25) is 5.02 Å². The molecule has 2 aromatic carbocycles. The van der Waals surface area contributed by atoms with Crippen LogP contribution in [-0.4, -0.2) is 38.9 Å². The molecule has 0 saturated carbocycles. The summed E-state index contributed by atoms with van der Waals surface area (Å²) in [7, 11) is -3.50. The fourth-order valence-corrected chi connectivity index (χ4v) is 4.74. The number of fused-ring (bicyclic) bond motifs is 1. The van der Waals surface area contributed by atoms with Crippen LogP contribution in [-0.2, 0) is 21.2 Å². The molecule has 1 aromatic heterocycles. The smallest absolute Gasteiger partial charge is 0.240 e. The highest BCUT2D eigenvalue weighted by molar-refractivity contribution is 7.89. The van der Waals surface area contributed by atoms with Gasteiger partial charge in [-0.2, -0.15) is 0 Å². The number of hydrogen-bond acceptors (Lipinski definition) is 5. The molecule has 3 rings (SSSR count). The van der Waals surface area contributed by atoms with E-state index in [4.69, 9.17) is 11.6 Å². The Labute approximate surface area is 206 Å². The predicted molar refractivity (Wildman–Crippen MR) is 138 cm³/mol. The Balaban J connectivity index is 1.37. The Morgan fingerprint density at radius 1 is 1.06 bits per heavy atom. The average molecular weight is 503 g/mol. The monoisotopic (exact) mass is 502 g/mol. The molecule has 1 amide bonds. The lowest BCUT2D eigenvalue weighted by Gasteiger charge is -2.10. The molecule has 7 nitrogen and oxygen atoms in total. The second-order valence-corrected chi connectivity index (χ2v) is 10.7. The van der Waals surface area contributed by atoms with E-state index in [0.29, 0.717) is 37.5 Å². The molecule has 0 bridgehead atoms. The number of carbonyl (C=O) groups excluding carboxylic acids is 1. The highest BCUT2D eigenvalue weighted by Crippen LogP contribution is 2.24. The number of halogens is 1. The van der Waals surface area contributed by atoms with Crippen molar-refractivity contribution in [1.29, 1.82) is 0 Å². The highest BCUT2D eigenvalue weighted by Gasteiger charge is 2.14. The van der Waals surface area contributed by atoms with Gasteiger partial charge in [0.05, 0.1) is 10.4 Å². The molecule has 0 fully saturated rings. The van der Waals surface area contributed by atoms with Crippen molar-refractivity contribution in [1.82, 2.24) is 15.0 Å². The zero-order valence-corrected chi connectivity index (χ0v) is 21.0. The van der Waals surface area contributed by atoms with Crippen molar-refractivity contribution in [3.63, 3.8) is 0 Å². The van der Waals surface area contributed by atoms with Gasteiger partial charge in [-0.3, -0.25) is 9.78 Å². The summed E-state index contributed by atoms with van der Waals surface area (Å²) in [6, 6.07) is 14.2. The van der Waals surface area contributed by atoms with Gasteiger partial charge >= 0.3 is 0 Å². The number of amides is 1. The first kappa shape index (κ1) is 25.9. The molecule has 34 heavy (non-hydrogen) atoms. The number of rotatable bonds is 12. The summed E-state index contributed by atoms with van der Waals surface area (Å²) in [5, 5.41) is 7.97. The van der Waals surface area contributed by atoms with E-state index < -0.39 is 10.0 Å². The zero-order valence-electron chi connectivity index (χ0n) is 19.5. The van der Waals surface area contributed by atoms with Crippen LogP contribution < -0.4 is 15.4 Å². The van der Waals surface area contributed by atoms with Gasteiger partial charge in [-0.15, -0.1) is 0 Å². The van der Waals surface area contributed by atoms with Gasteiger partial charge in [0, 0.05) is 48.3 Å². The predicted octanol–water partition coefficient (Wildman–Crippen LogP) is 4.37. The normalized spacial score (nSPS) is 11.6. The number of anilines is 1. The number of nitrogens with one attached hydrogen (secondary N) is 3. The number of nitrogens with zero attached hydrogens (tertiary/aromatic N) is 1. The summed E-state index contributed by atoms with van der Waals surface area (Å²) < 4.78 is 27.1. The largest absolute Gasteiger partial charge is 0.384 e. The zero-order chi connectivity index (χ0) is 24.6. The number of hydrogen-bond donors (Lipinski definition) is 3. The van der Waals surface area contributed by atoms with E-state index >= 15 is 0 Å². The number of carbonyl (C=O) groups is 1. The van der Waals surface area contributed by atoms with Crippen LogP contribution in [0.5, 0.6) is 0 Å². The van der Waals surface area contributed by atoms with E-state index in [1.807, 2.05) is 38.1 Å². The maximum Gasteiger partial charge on any atom is 0.240 e. The Morgan fingerprint density at radius 2 is 1.82 bits per heavy atom. The molecule has 0 saturated heterocycles. The van der Waals surface area contributed by atoms with Crippen molar-refractivity contribution in [3.8, 4) is 0 Å². The maximum atomic E-state index is 12.3. The molecule has 0 radical (unpaired) electrons. The second kappa shape index (κ2) is 12.1. The van der Waals surface area contributed by atoms with Gasteiger partial charge in [0.2, 0.25) is 15.9 Å². The minimum atomic E-state index is -3.50. The topological polar surface area (TPSA) is 100 Å². The van der Waals surface area contributed by atoms with Crippen molar-refractivity contribution < 1.29 is 13.2 Å². The van der Waals surface area contributed by atoms with Crippen LogP contribution in [0.1, 0.15) is 32.3 Å². The van der Waals surface area contributed by atoms with Crippen LogP contribution >= 0.6 is 11.6 Å². The summed E-state index contributed by atoms with van der Waals surface area (Å²) >= 11 is 6.03. The van der Waals surface area contributed by atoms with Crippen molar-refractivity contribution in [2.75, 3.05) is 25.0 Å². The van der Waals surface area contributed by atoms with Crippen LogP contribution in [0.4, 0.5) is 5.69 Å². The van der Waals surface area contributed by atoms with Crippen LogP contribution in [0.3, 0.4) is 0 Å². The number of sulfonamides is 1. The molecule has 0 aliphatic rings. The van der Waals surface area contributed by atoms with Gasteiger partial charge in [0.25, 0.3) is 0 Å². The Morgan fingerprint density at radius 3 is 2.56 bits per heavy atom. The Hall–Kier alpha value is -2.68. The van der Waals surface area contributed by atoms with Crippen LogP contribution in [0.15, 0.2) is 59.6 Å². The van der Waals surface area contributed by atoms with Crippen molar-refractivity contribution >= 4 is 44.1 Å². The first-order chi connectivity index (χ1) is 16.2. The van der Waals surface area contributed by atoms with Gasteiger partial charge in [0.1, 0.15) is 0 Å². The van der Waals surface area contributed by atoms with Gasteiger partial charge in [0.15, 0.2) is 0 Å². The van der Waals surface area contributed by atoms with Crippen molar-refractivity contribution in [2.24, 2.45) is 5.92 Å². The van der Waals surface area contributed by atoms with E-state index in [1.165, 1.54) is 0 Å². The number of aromatic nitrogens is 1. The van der Waals surface area contributed by atoms with E-state index in [0.717, 1.165) is 28.6 Å². The van der Waals surface area contributed by atoms with Gasteiger partial charge < -0.3 is 10.6 Å².